The third kappa shape index (κ3) is 3.83. The van der Waals surface area contributed by atoms with Gasteiger partial charge in [-0.25, -0.2) is 0 Å². The largest absolute Gasteiger partial charge is 0.469 e. The highest BCUT2D eigenvalue weighted by Crippen LogP contribution is 2.74. The topological polar surface area (TPSA) is 52.6 Å². The Kier molecular flexibility index (Phi) is 6.88. The first-order valence-corrected chi connectivity index (χ1v) is 14.2. The molecule has 4 heteroatoms. The second kappa shape index (κ2) is 9.02. The standard InChI is InChI=1S/C32H50O4/c1-21(2)22-10-11-24-23(30(22,5)14-13-26(33)35-8)12-15-32(7)25-20-29(4,27(34)36-9)17-16-28(25,3)18-19-31(24,32)6/h11,22-23,25H,1,10,12-20H2,2-9H3. The number of esters is 2. The van der Waals surface area contributed by atoms with Gasteiger partial charge in [-0.2, -0.15) is 0 Å². The lowest BCUT2D eigenvalue weighted by Crippen LogP contribution is -2.62. The van der Waals surface area contributed by atoms with Crippen LogP contribution in [0.2, 0.25) is 0 Å². The molecule has 0 N–H and O–H groups in total. The molecule has 3 saturated carbocycles. The van der Waals surface area contributed by atoms with Crippen molar-refractivity contribution in [3.8, 4) is 0 Å². The minimum Gasteiger partial charge on any atom is -0.469 e. The van der Waals surface area contributed by atoms with Gasteiger partial charge in [0.15, 0.2) is 0 Å². The minimum absolute atomic E-state index is 0.00227. The highest BCUT2D eigenvalue weighted by Gasteiger charge is 2.66. The van der Waals surface area contributed by atoms with E-state index in [0.29, 0.717) is 24.2 Å². The van der Waals surface area contributed by atoms with Gasteiger partial charge >= 0.3 is 11.9 Å². The molecule has 0 radical (unpaired) electrons. The molecule has 0 aliphatic heterocycles. The Morgan fingerprint density at radius 1 is 1.00 bits per heavy atom. The molecule has 0 aromatic carbocycles. The summed E-state index contributed by atoms with van der Waals surface area (Å²) in [4.78, 5) is 25.1. The summed E-state index contributed by atoms with van der Waals surface area (Å²) in [6.07, 6.45) is 12.6. The normalized spacial score (nSPS) is 45.9. The Hall–Kier alpha value is -1.58. The Morgan fingerprint density at radius 3 is 2.28 bits per heavy atom. The fraction of sp³-hybridized carbons (Fsp3) is 0.812. The molecule has 0 bridgehead atoms. The quantitative estimate of drug-likeness (QED) is 0.288. The molecule has 0 heterocycles. The number of hydrogen-bond donors (Lipinski definition) is 0. The van der Waals surface area contributed by atoms with Crippen molar-refractivity contribution >= 4 is 11.9 Å². The first-order chi connectivity index (χ1) is 16.7. The van der Waals surface area contributed by atoms with Crippen molar-refractivity contribution in [1.82, 2.24) is 0 Å². The van der Waals surface area contributed by atoms with Gasteiger partial charge in [-0.15, -0.1) is 0 Å². The van der Waals surface area contributed by atoms with Gasteiger partial charge in [0.1, 0.15) is 0 Å². The maximum atomic E-state index is 12.9. The fourth-order valence-electron chi connectivity index (χ4n) is 9.77. The predicted molar refractivity (Wildman–Crippen MR) is 144 cm³/mol. The van der Waals surface area contributed by atoms with Crippen LogP contribution in [0.5, 0.6) is 0 Å². The zero-order valence-electron chi connectivity index (χ0n) is 24.2. The lowest BCUT2D eigenvalue weighted by molar-refractivity contribution is -0.182. The summed E-state index contributed by atoms with van der Waals surface area (Å²) < 4.78 is 10.4. The molecule has 0 aromatic heterocycles. The summed E-state index contributed by atoms with van der Waals surface area (Å²) in [5.74, 6) is 1.18. The molecule has 8 atom stereocenters. The van der Waals surface area contributed by atoms with Crippen LogP contribution in [0.25, 0.3) is 0 Å². The van der Waals surface area contributed by atoms with Crippen LogP contribution < -0.4 is 0 Å². The summed E-state index contributed by atoms with van der Waals surface area (Å²) in [5, 5.41) is 0. The van der Waals surface area contributed by atoms with E-state index in [1.165, 1.54) is 31.9 Å². The van der Waals surface area contributed by atoms with Gasteiger partial charge in [0, 0.05) is 6.42 Å². The van der Waals surface area contributed by atoms with Crippen molar-refractivity contribution < 1.29 is 19.1 Å². The molecule has 4 aliphatic carbocycles. The number of allylic oxidation sites excluding steroid dienone is 3. The summed E-state index contributed by atoms with van der Waals surface area (Å²) in [6, 6.07) is 0. The maximum absolute atomic E-state index is 12.9. The number of carbonyl (C=O) groups is 2. The average molecular weight is 499 g/mol. The van der Waals surface area contributed by atoms with Gasteiger partial charge in [0.25, 0.3) is 0 Å². The summed E-state index contributed by atoms with van der Waals surface area (Å²) >= 11 is 0. The van der Waals surface area contributed by atoms with Crippen LogP contribution in [0.1, 0.15) is 106 Å². The Morgan fingerprint density at radius 2 is 1.67 bits per heavy atom. The van der Waals surface area contributed by atoms with Crippen LogP contribution in [-0.4, -0.2) is 26.2 Å². The smallest absolute Gasteiger partial charge is 0.311 e. The number of rotatable bonds is 5. The third-order valence-electron chi connectivity index (χ3n) is 12.5. The summed E-state index contributed by atoms with van der Waals surface area (Å²) in [7, 11) is 3.03. The third-order valence-corrected chi connectivity index (χ3v) is 12.5. The molecule has 3 fully saturated rings. The molecule has 0 amide bonds. The number of carbonyl (C=O) groups excluding carboxylic acids is 2. The molecule has 4 nitrogen and oxygen atoms in total. The number of fused-ring (bicyclic) bond motifs is 5. The SMILES string of the molecule is C=C(C)C1CC=C2C(CCC3(C)C4CC(C)(C(=O)OC)CCC4(C)CCC23C)C1(C)CCC(=O)OC. The van der Waals surface area contributed by atoms with Gasteiger partial charge in [0.2, 0.25) is 0 Å². The van der Waals surface area contributed by atoms with Gasteiger partial charge < -0.3 is 9.47 Å². The van der Waals surface area contributed by atoms with E-state index in [1.807, 2.05) is 0 Å². The van der Waals surface area contributed by atoms with Crippen LogP contribution >= 0.6 is 0 Å². The van der Waals surface area contributed by atoms with E-state index in [9.17, 15) is 9.59 Å². The van der Waals surface area contributed by atoms with Crippen LogP contribution in [0.15, 0.2) is 23.8 Å². The molecule has 4 aliphatic rings. The van der Waals surface area contributed by atoms with Gasteiger partial charge in [-0.05, 0) is 111 Å². The number of methoxy groups -OCH3 is 2. The second-order valence-corrected chi connectivity index (χ2v) is 14.2. The minimum atomic E-state index is -0.391. The van der Waals surface area contributed by atoms with Crippen molar-refractivity contribution in [2.75, 3.05) is 14.2 Å². The Bertz CT molecular complexity index is 965. The van der Waals surface area contributed by atoms with E-state index in [0.717, 1.165) is 38.5 Å². The highest BCUT2D eigenvalue weighted by atomic mass is 16.5. The van der Waals surface area contributed by atoms with Crippen LogP contribution in [-0.2, 0) is 19.1 Å². The monoisotopic (exact) mass is 498 g/mol. The molecule has 0 saturated heterocycles. The van der Waals surface area contributed by atoms with Crippen molar-refractivity contribution in [2.45, 2.75) is 106 Å². The zero-order valence-corrected chi connectivity index (χ0v) is 24.2. The predicted octanol–water partition coefficient (Wildman–Crippen LogP) is 7.67. The summed E-state index contributed by atoms with van der Waals surface area (Å²) in [5.41, 5.74) is 2.99. The van der Waals surface area contributed by atoms with E-state index in [4.69, 9.17) is 9.47 Å². The summed E-state index contributed by atoms with van der Waals surface area (Å²) in [6.45, 7) is 18.7. The lowest BCUT2D eigenvalue weighted by atomic mass is 9.34. The Balaban J connectivity index is 1.74. The second-order valence-electron chi connectivity index (χ2n) is 14.2. The Labute approximate surface area is 219 Å². The van der Waals surface area contributed by atoms with Crippen molar-refractivity contribution in [3.63, 3.8) is 0 Å². The molecular formula is C32H50O4. The van der Waals surface area contributed by atoms with Crippen molar-refractivity contribution in [2.24, 2.45) is 44.8 Å². The number of ether oxygens (including phenoxy) is 2. The average Bonchev–Trinajstić information content (AvgIpc) is 2.84. The van der Waals surface area contributed by atoms with Gasteiger partial charge in [-0.1, -0.05) is 51.5 Å². The first kappa shape index (κ1) is 27.5. The molecule has 0 aromatic rings. The van der Waals surface area contributed by atoms with Crippen LogP contribution in [0, 0.1) is 44.8 Å². The molecule has 36 heavy (non-hydrogen) atoms. The molecule has 8 unspecified atom stereocenters. The van der Waals surface area contributed by atoms with Crippen LogP contribution in [0.4, 0.5) is 0 Å². The lowest BCUT2D eigenvalue weighted by Gasteiger charge is -2.70. The molecule has 0 spiro atoms. The van der Waals surface area contributed by atoms with Gasteiger partial charge in [-0.3, -0.25) is 9.59 Å². The zero-order chi connectivity index (χ0) is 26.7. The van der Waals surface area contributed by atoms with E-state index < -0.39 is 5.41 Å². The number of hydrogen-bond acceptors (Lipinski definition) is 4. The first-order valence-electron chi connectivity index (χ1n) is 14.2. The van der Waals surface area contributed by atoms with Gasteiger partial charge in [0.05, 0.1) is 19.6 Å². The maximum Gasteiger partial charge on any atom is 0.311 e. The highest BCUT2D eigenvalue weighted by molar-refractivity contribution is 5.76. The van der Waals surface area contributed by atoms with E-state index in [1.54, 1.807) is 12.7 Å². The molecule has 4 rings (SSSR count). The van der Waals surface area contributed by atoms with Crippen LogP contribution in [0.3, 0.4) is 0 Å². The van der Waals surface area contributed by atoms with E-state index in [-0.39, 0.29) is 33.6 Å². The van der Waals surface area contributed by atoms with E-state index in [2.05, 4.69) is 54.2 Å². The van der Waals surface area contributed by atoms with Crippen molar-refractivity contribution in [1.29, 1.82) is 0 Å². The molecule has 202 valence electrons. The fourth-order valence-corrected chi connectivity index (χ4v) is 9.77. The molecular weight excluding hydrogens is 448 g/mol. The van der Waals surface area contributed by atoms with E-state index >= 15 is 0 Å². The van der Waals surface area contributed by atoms with Crippen molar-refractivity contribution in [3.05, 3.63) is 23.8 Å².